The van der Waals surface area contributed by atoms with Crippen LogP contribution in [0, 0.1) is 0 Å². The Morgan fingerprint density at radius 1 is 1.18 bits per heavy atom. The van der Waals surface area contributed by atoms with E-state index in [1.165, 1.54) is 0 Å². The summed E-state index contributed by atoms with van der Waals surface area (Å²) < 4.78 is 16.3. The van der Waals surface area contributed by atoms with Crippen molar-refractivity contribution in [1.82, 2.24) is 15.3 Å². The van der Waals surface area contributed by atoms with Crippen LogP contribution in [0.4, 0.5) is 0 Å². The van der Waals surface area contributed by atoms with Gasteiger partial charge in [-0.25, -0.2) is 9.78 Å². The van der Waals surface area contributed by atoms with Crippen LogP contribution in [-0.2, 0) is 11.2 Å². The van der Waals surface area contributed by atoms with Gasteiger partial charge in [0.2, 0.25) is 12.7 Å². The highest BCUT2D eigenvalue weighted by molar-refractivity contribution is 5.85. The number of benzene rings is 2. The van der Waals surface area contributed by atoms with Crippen molar-refractivity contribution in [1.29, 1.82) is 0 Å². The molecule has 0 unspecified atom stereocenters. The van der Waals surface area contributed by atoms with Crippen LogP contribution in [0.25, 0.3) is 11.0 Å². The summed E-state index contributed by atoms with van der Waals surface area (Å²) in [6.45, 7) is 0.494. The predicted octanol–water partition coefficient (Wildman–Crippen LogP) is 2.83. The average Bonchev–Trinajstić information content (AvgIpc) is 3.50. The zero-order valence-corrected chi connectivity index (χ0v) is 17.5. The average molecular weight is 447 g/mol. The lowest BCUT2D eigenvalue weighted by atomic mass is 9.87. The van der Waals surface area contributed by atoms with Crippen LogP contribution in [0.15, 0.2) is 64.2 Å². The molecule has 0 saturated carbocycles. The molecule has 9 nitrogen and oxygen atoms in total. The van der Waals surface area contributed by atoms with Gasteiger partial charge in [-0.2, -0.15) is 0 Å². The van der Waals surface area contributed by atoms with Crippen molar-refractivity contribution in [3.63, 3.8) is 0 Å². The monoisotopic (exact) mass is 447 g/mol. The van der Waals surface area contributed by atoms with Crippen molar-refractivity contribution in [2.75, 3.05) is 13.3 Å². The first-order valence-electron chi connectivity index (χ1n) is 10.5. The van der Waals surface area contributed by atoms with Gasteiger partial charge in [-0.05, 0) is 29.8 Å². The van der Waals surface area contributed by atoms with Crippen LogP contribution >= 0.6 is 0 Å². The number of imidazole rings is 1. The molecule has 4 aromatic rings. The van der Waals surface area contributed by atoms with Crippen LogP contribution in [0.3, 0.4) is 0 Å². The summed E-state index contributed by atoms with van der Waals surface area (Å²) in [6.07, 6.45) is 3.79. The maximum Gasteiger partial charge on any atom is 0.343 e. The summed E-state index contributed by atoms with van der Waals surface area (Å²) in [5.74, 6) is -0.135. The lowest BCUT2D eigenvalue weighted by Gasteiger charge is -2.19. The summed E-state index contributed by atoms with van der Waals surface area (Å²) in [5, 5.41) is 14.3. The maximum atomic E-state index is 12.9. The second-order valence-electron chi connectivity index (χ2n) is 7.69. The molecule has 33 heavy (non-hydrogen) atoms. The number of ether oxygens (including phenoxy) is 2. The van der Waals surface area contributed by atoms with E-state index in [1.807, 2.05) is 0 Å². The summed E-state index contributed by atoms with van der Waals surface area (Å²) in [5.41, 5.74) is 1.13. The van der Waals surface area contributed by atoms with E-state index in [0.717, 1.165) is 5.69 Å². The standard InChI is InChI=1S/C24H21N3O6/c28-21(26-8-7-15-11-25-12-27-15)10-17(14-5-6-19-20(9-14)32-13-31-19)22-23(29)16-3-1-2-4-18(16)33-24(22)30/h1-6,9,11-12,17,29H,7-8,10,13H2,(H,25,27)(H,26,28)/t17-/m1/s1. The maximum absolute atomic E-state index is 12.9. The number of aromatic nitrogens is 2. The first kappa shape index (κ1) is 20.6. The topological polar surface area (TPSA) is 127 Å². The number of carbonyl (C=O) groups excluding carboxylic acids is 1. The molecule has 1 aliphatic rings. The number of aromatic hydroxyl groups is 1. The number of nitrogens with zero attached hydrogens (tertiary/aromatic N) is 1. The van der Waals surface area contributed by atoms with E-state index in [-0.39, 0.29) is 36.0 Å². The van der Waals surface area contributed by atoms with Gasteiger partial charge in [0.05, 0.1) is 17.3 Å². The second kappa shape index (κ2) is 8.70. The van der Waals surface area contributed by atoms with E-state index >= 15 is 0 Å². The molecular formula is C24H21N3O6. The Balaban J connectivity index is 1.49. The molecule has 3 heterocycles. The lowest BCUT2D eigenvalue weighted by molar-refractivity contribution is -0.121. The van der Waals surface area contributed by atoms with Gasteiger partial charge >= 0.3 is 5.63 Å². The number of carbonyl (C=O) groups is 1. The van der Waals surface area contributed by atoms with Crippen LogP contribution in [0.2, 0.25) is 0 Å². The fourth-order valence-corrected chi connectivity index (χ4v) is 3.99. The Kier molecular flexibility index (Phi) is 5.43. The van der Waals surface area contributed by atoms with Gasteiger partial charge in [-0.3, -0.25) is 4.79 Å². The predicted molar refractivity (Wildman–Crippen MR) is 118 cm³/mol. The smallest absolute Gasteiger partial charge is 0.343 e. The molecule has 1 atom stereocenters. The number of hydrogen-bond donors (Lipinski definition) is 3. The molecule has 3 N–H and O–H groups in total. The molecule has 9 heteroatoms. The minimum atomic E-state index is -0.757. The third-order valence-electron chi connectivity index (χ3n) is 5.63. The number of hydrogen-bond acceptors (Lipinski definition) is 7. The van der Waals surface area contributed by atoms with Crippen molar-refractivity contribution >= 4 is 16.9 Å². The fraction of sp³-hybridized carbons (Fsp3) is 0.208. The molecule has 0 fully saturated rings. The molecule has 2 aromatic carbocycles. The number of H-pyrrole nitrogens is 1. The Morgan fingerprint density at radius 3 is 2.88 bits per heavy atom. The van der Waals surface area contributed by atoms with Gasteiger partial charge in [0.25, 0.3) is 0 Å². The Hall–Kier alpha value is -4.27. The van der Waals surface area contributed by atoms with Crippen molar-refractivity contribution in [3.05, 3.63) is 82.2 Å². The molecule has 0 spiro atoms. The molecule has 168 valence electrons. The highest BCUT2D eigenvalue weighted by atomic mass is 16.7. The minimum Gasteiger partial charge on any atom is -0.507 e. The van der Waals surface area contributed by atoms with Crippen molar-refractivity contribution < 1.29 is 23.8 Å². The highest BCUT2D eigenvalue weighted by Gasteiger charge is 2.28. The number of aromatic amines is 1. The number of nitrogens with one attached hydrogen (secondary N) is 2. The Morgan fingerprint density at radius 2 is 2.03 bits per heavy atom. The molecule has 0 radical (unpaired) electrons. The number of rotatable bonds is 7. The van der Waals surface area contributed by atoms with Crippen molar-refractivity contribution in [2.45, 2.75) is 18.8 Å². The van der Waals surface area contributed by atoms with E-state index in [0.29, 0.717) is 35.4 Å². The van der Waals surface area contributed by atoms with Gasteiger partial charge < -0.3 is 29.3 Å². The summed E-state index contributed by atoms with van der Waals surface area (Å²) >= 11 is 0. The van der Waals surface area contributed by atoms with E-state index in [1.54, 1.807) is 55.0 Å². The molecule has 5 rings (SSSR count). The Labute approximate surface area is 188 Å². The van der Waals surface area contributed by atoms with Gasteiger partial charge in [-0.1, -0.05) is 18.2 Å². The lowest BCUT2D eigenvalue weighted by Crippen LogP contribution is -2.28. The van der Waals surface area contributed by atoms with Crippen LogP contribution in [0.5, 0.6) is 17.2 Å². The zero-order valence-electron chi connectivity index (χ0n) is 17.5. The minimum absolute atomic E-state index is 0.0243. The van der Waals surface area contributed by atoms with Crippen molar-refractivity contribution in [2.24, 2.45) is 0 Å². The number of amides is 1. The zero-order chi connectivity index (χ0) is 22.8. The normalized spacial score (nSPS) is 13.2. The molecule has 1 amide bonds. The van der Waals surface area contributed by atoms with Gasteiger partial charge in [0.15, 0.2) is 11.5 Å². The Bertz CT molecular complexity index is 1360. The quantitative estimate of drug-likeness (QED) is 0.372. The van der Waals surface area contributed by atoms with Crippen LogP contribution < -0.4 is 20.4 Å². The van der Waals surface area contributed by atoms with E-state index in [9.17, 15) is 14.7 Å². The van der Waals surface area contributed by atoms with Crippen molar-refractivity contribution in [3.8, 4) is 17.2 Å². The van der Waals surface area contributed by atoms with E-state index < -0.39 is 11.5 Å². The van der Waals surface area contributed by atoms with Crippen LogP contribution in [-0.4, -0.2) is 34.3 Å². The largest absolute Gasteiger partial charge is 0.507 e. The molecule has 0 saturated heterocycles. The summed E-state index contributed by atoms with van der Waals surface area (Å²) in [6, 6.07) is 11.9. The van der Waals surface area contributed by atoms with E-state index in [2.05, 4.69) is 15.3 Å². The van der Waals surface area contributed by atoms with Gasteiger partial charge in [0.1, 0.15) is 11.3 Å². The highest BCUT2D eigenvalue weighted by Crippen LogP contribution is 2.40. The fourth-order valence-electron chi connectivity index (χ4n) is 3.99. The third kappa shape index (κ3) is 4.12. The molecule has 0 bridgehead atoms. The summed E-state index contributed by atoms with van der Waals surface area (Å²) in [7, 11) is 0. The SMILES string of the molecule is O=C(C[C@H](c1ccc2c(c1)OCO2)c1c(O)c2ccccc2oc1=O)NCCc1cnc[nH]1. The summed E-state index contributed by atoms with van der Waals surface area (Å²) in [4.78, 5) is 32.7. The first-order chi connectivity index (χ1) is 16.1. The molecule has 2 aromatic heterocycles. The number of para-hydroxylation sites is 1. The van der Waals surface area contributed by atoms with E-state index in [4.69, 9.17) is 13.9 Å². The first-order valence-corrected chi connectivity index (χ1v) is 10.5. The van der Waals surface area contributed by atoms with Gasteiger partial charge in [0, 0.05) is 37.2 Å². The second-order valence-corrected chi connectivity index (χ2v) is 7.69. The third-order valence-corrected chi connectivity index (χ3v) is 5.63. The molecular weight excluding hydrogens is 426 g/mol. The van der Waals surface area contributed by atoms with Crippen LogP contribution in [0.1, 0.15) is 29.2 Å². The molecule has 1 aliphatic heterocycles. The molecule has 0 aliphatic carbocycles. The number of fused-ring (bicyclic) bond motifs is 2. The van der Waals surface area contributed by atoms with Gasteiger partial charge in [-0.15, -0.1) is 0 Å².